The van der Waals surface area contributed by atoms with E-state index in [9.17, 15) is 27.9 Å². The average molecular weight is 558 g/mol. The highest BCUT2D eigenvalue weighted by Gasteiger charge is 2.41. The fourth-order valence-electron chi connectivity index (χ4n) is 4.55. The minimum absolute atomic E-state index is 0.0319. The molecule has 1 unspecified atom stereocenters. The van der Waals surface area contributed by atoms with Crippen molar-refractivity contribution >= 4 is 33.6 Å². The van der Waals surface area contributed by atoms with Gasteiger partial charge in [0, 0.05) is 38.3 Å². The van der Waals surface area contributed by atoms with Crippen LogP contribution in [0.15, 0.2) is 41.3 Å². The molecule has 0 aliphatic carbocycles. The van der Waals surface area contributed by atoms with Crippen LogP contribution >= 0.6 is 0 Å². The van der Waals surface area contributed by atoms with E-state index < -0.39 is 33.9 Å². The van der Waals surface area contributed by atoms with E-state index in [0.717, 1.165) is 49.3 Å². The Bertz CT molecular complexity index is 1310. The lowest BCUT2D eigenvalue weighted by atomic mass is 10.0. The Morgan fingerprint density at radius 3 is 2.59 bits per heavy atom. The van der Waals surface area contributed by atoms with Crippen LogP contribution in [-0.4, -0.2) is 72.8 Å². The van der Waals surface area contributed by atoms with Crippen molar-refractivity contribution in [3.8, 4) is 0 Å². The zero-order valence-corrected chi connectivity index (χ0v) is 22.8. The summed E-state index contributed by atoms with van der Waals surface area (Å²) in [5.41, 5.74) is 3.13. The SMILES string of the molecule is Cc1ccc(S(=O)(=O)N2CC(C(=O)NC(CNC(=O)CCCCc3ccc4c(n3)NCCC4)C(=O)O)C2)cc1. The molecule has 1 fully saturated rings. The average Bonchev–Trinajstić information content (AvgIpc) is 2.88. The minimum atomic E-state index is -3.71. The summed E-state index contributed by atoms with van der Waals surface area (Å²) in [6, 6.07) is 9.25. The van der Waals surface area contributed by atoms with E-state index in [1.54, 1.807) is 12.1 Å². The second-order valence-electron chi connectivity index (χ2n) is 10.1. The van der Waals surface area contributed by atoms with Crippen LogP contribution in [0.4, 0.5) is 5.82 Å². The van der Waals surface area contributed by atoms with Crippen LogP contribution in [0.5, 0.6) is 0 Å². The third kappa shape index (κ3) is 7.33. The molecule has 1 aromatic carbocycles. The molecule has 2 aromatic rings. The van der Waals surface area contributed by atoms with Gasteiger partial charge in [0.25, 0.3) is 0 Å². The topological polar surface area (TPSA) is 158 Å². The Kier molecular flexibility index (Phi) is 9.18. The molecule has 2 amide bonds. The number of aliphatic carboxylic acids is 1. The van der Waals surface area contributed by atoms with E-state index in [1.165, 1.54) is 22.0 Å². The molecule has 4 N–H and O–H groups in total. The molecular weight excluding hydrogens is 522 g/mol. The predicted molar refractivity (Wildman–Crippen MR) is 145 cm³/mol. The Balaban J connectivity index is 1.16. The van der Waals surface area contributed by atoms with Crippen molar-refractivity contribution in [3.63, 3.8) is 0 Å². The zero-order chi connectivity index (χ0) is 28.0. The third-order valence-electron chi connectivity index (χ3n) is 7.03. The maximum Gasteiger partial charge on any atom is 0.328 e. The number of aryl methyl sites for hydroxylation is 3. The second-order valence-corrected chi connectivity index (χ2v) is 12.0. The largest absolute Gasteiger partial charge is 0.480 e. The molecule has 0 bridgehead atoms. The van der Waals surface area contributed by atoms with Gasteiger partial charge in [0.15, 0.2) is 0 Å². The number of benzene rings is 1. The lowest BCUT2D eigenvalue weighted by molar-refractivity contribution is -0.143. The van der Waals surface area contributed by atoms with Crippen LogP contribution in [0.1, 0.15) is 42.5 Å². The summed E-state index contributed by atoms with van der Waals surface area (Å²) in [6.45, 7) is 2.46. The quantitative estimate of drug-likeness (QED) is 0.286. The van der Waals surface area contributed by atoms with Crippen molar-refractivity contribution in [2.24, 2.45) is 5.92 Å². The molecular formula is C27H35N5O6S. The highest BCUT2D eigenvalue weighted by Crippen LogP contribution is 2.25. The van der Waals surface area contributed by atoms with E-state index in [0.29, 0.717) is 6.42 Å². The highest BCUT2D eigenvalue weighted by atomic mass is 32.2. The van der Waals surface area contributed by atoms with E-state index in [1.807, 2.05) is 13.0 Å². The number of hydrogen-bond acceptors (Lipinski definition) is 7. The van der Waals surface area contributed by atoms with Crippen molar-refractivity contribution in [1.29, 1.82) is 0 Å². The van der Waals surface area contributed by atoms with Gasteiger partial charge in [-0.25, -0.2) is 18.2 Å². The first-order valence-electron chi connectivity index (χ1n) is 13.2. The van der Waals surface area contributed by atoms with Gasteiger partial charge in [-0.3, -0.25) is 9.59 Å². The van der Waals surface area contributed by atoms with Crippen LogP contribution in [0, 0.1) is 12.8 Å². The van der Waals surface area contributed by atoms with Crippen molar-refractivity contribution in [2.75, 3.05) is 31.5 Å². The maximum absolute atomic E-state index is 12.7. The number of carboxylic acid groups (broad SMARTS) is 1. The van der Waals surface area contributed by atoms with Gasteiger partial charge in [-0.15, -0.1) is 0 Å². The number of sulfonamides is 1. The van der Waals surface area contributed by atoms with E-state index in [4.69, 9.17) is 0 Å². The van der Waals surface area contributed by atoms with Gasteiger partial charge in [0.05, 0.1) is 10.8 Å². The summed E-state index contributed by atoms with van der Waals surface area (Å²) in [5, 5.41) is 17.8. The molecule has 3 heterocycles. The lowest BCUT2D eigenvalue weighted by Crippen LogP contribution is -2.58. The Hall–Kier alpha value is -3.51. The van der Waals surface area contributed by atoms with Crippen LogP contribution < -0.4 is 16.0 Å². The molecule has 1 atom stereocenters. The number of aromatic nitrogens is 1. The standard InChI is InChI=1S/C27H35N5O6S/c1-18-8-12-22(13-9-18)39(37,38)32-16-20(17-32)26(34)31-23(27(35)36)15-29-24(33)7-3-2-6-21-11-10-19-5-4-14-28-25(19)30-21/h8-13,20,23H,2-7,14-17H2,1H3,(H,28,30)(H,29,33)(H,31,34)(H,35,36). The van der Waals surface area contributed by atoms with Crippen LogP contribution in [-0.2, 0) is 37.2 Å². The number of carbonyl (C=O) groups excluding carboxylic acids is 2. The number of hydrogen-bond donors (Lipinski definition) is 4. The summed E-state index contributed by atoms with van der Waals surface area (Å²) >= 11 is 0. The number of rotatable bonds is 12. The van der Waals surface area contributed by atoms with Gasteiger partial charge in [-0.2, -0.15) is 4.31 Å². The minimum Gasteiger partial charge on any atom is -0.480 e. The number of carboxylic acids is 1. The molecule has 0 saturated carbocycles. The van der Waals surface area contributed by atoms with Crippen LogP contribution in [0.25, 0.3) is 0 Å². The number of nitrogens with one attached hydrogen (secondary N) is 3. The number of pyridine rings is 1. The molecule has 210 valence electrons. The molecule has 2 aliphatic rings. The first-order chi connectivity index (χ1) is 18.6. The van der Waals surface area contributed by atoms with E-state index in [2.05, 4.69) is 27.0 Å². The molecule has 11 nitrogen and oxygen atoms in total. The summed E-state index contributed by atoms with van der Waals surface area (Å²) in [6.07, 6.45) is 4.50. The van der Waals surface area contributed by atoms with Crippen molar-refractivity contribution < 1.29 is 27.9 Å². The smallest absolute Gasteiger partial charge is 0.328 e. The molecule has 2 aliphatic heterocycles. The van der Waals surface area contributed by atoms with E-state index in [-0.39, 0.29) is 36.9 Å². The molecule has 1 aromatic heterocycles. The summed E-state index contributed by atoms with van der Waals surface area (Å²) < 4.78 is 26.6. The summed E-state index contributed by atoms with van der Waals surface area (Å²) in [5.74, 6) is -1.84. The molecule has 0 radical (unpaired) electrons. The summed E-state index contributed by atoms with van der Waals surface area (Å²) in [7, 11) is -3.71. The Morgan fingerprint density at radius 1 is 1.13 bits per heavy atom. The molecule has 4 rings (SSSR count). The molecule has 39 heavy (non-hydrogen) atoms. The number of carbonyl (C=O) groups is 3. The molecule has 0 spiro atoms. The van der Waals surface area contributed by atoms with Gasteiger partial charge >= 0.3 is 5.97 Å². The normalized spacial score (nSPS) is 16.3. The van der Waals surface area contributed by atoms with Crippen molar-refractivity contribution in [2.45, 2.75) is 56.4 Å². The number of unbranched alkanes of at least 4 members (excludes halogenated alkanes) is 1. The second kappa shape index (κ2) is 12.6. The maximum atomic E-state index is 12.7. The monoisotopic (exact) mass is 557 g/mol. The molecule has 1 saturated heterocycles. The van der Waals surface area contributed by atoms with E-state index >= 15 is 0 Å². The Labute approximate surface area is 228 Å². The number of amides is 2. The number of nitrogens with zero attached hydrogens (tertiary/aromatic N) is 2. The van der Waals surface area contributed by atoms with Crippen LogP contribution in [0.3, 0.4) is 0 Å². The third-order valence-corrected chi connectivity index (χ3v) is 8.88. The number of anilines is 1. The summed E-state index contributed by atoms with van der Waals surface area (Å²) in [4.78, 5) is 41.2. The fraction of sp³-hybridized carbons (Fsp3) is 0.481. The predicted octanol–water partition coefficient (Wildman–Crippen LogP) is 1.47. The van der Waals surface area contributed by atoms with Gasteiger partial charge in [0.2, 0.25) is 21.8 Å². The van der Waals surface area contributed by atoms with Crippen LogP contribution in [0.2, 0.25) is 0 Å². The highest BCUT2D eigenvalue weighted by molar-refractivity contribution is 7.89. The fourth-order valence-corrected chi connectivity index (χ4v) is 6.08. The van der Waals surface area contributed by atoms with Crippen molar-refractivity contribution in [3.05, 3.63) is 53.2 Å². The van der Waals surface area contributed by atoms with Gasteiger partial charge in [0.1, 0.15) is 11.9 Å². The molecule has 12 heteroatoms. The Morgan fingerprint density at radius 2 is 1.87 bits per heavy atom. The lowest BCUT2D eigenvalue weighted by Gasteiger charge is -2.37. The van der Waals surface area contributed by atoms with Gasteiger partial charge in [-0.1, -0.05) is 23.8 Å². The van der Waals surface area contributed by atoms with Gasteiger partial charge < -0.3 is 21.1 Å². The number of fused-ring (bicyclic) bond motifs is 1. The first-order valence-corrected chi connectivity index (χ1v) is 14.7. The van der Waals surface area contributed by atoms with Crippen molar-refractivity contribution in [1.82, 2.24) is 19.9 Å². The van der Waals surface area contributed by atoms with Gasteiger partial charge in [-0.05, 0) is 62.8 Å². The zero-order valence-electron chi connectivity index (χ0n) is 22.0. The first kappa shape index (κ1) is 28.5.